The third kappa shape index (κ3) is 6.01. The standard InChI is InChI=1S/C23H31N3O7/c1-3-32-22(30)19-12-17(13-26(19)23(31)33-14-16-8-5-4-6-9-16)24-15(2)20(27)25-11-7-10-18(25)21(28)29/h4-6,8-9,15,17-19,24H,3,7,10-14H2,1-2H3,(H,28,29)/t15-,17?,18-,19?/m0/s1. The van der Waals surface area contributed by atoms with Gasteiger partial charge in [-0.15, -0.1) is 0 Å². The fourth-order valence-electron chi connectivity index (χ4n) is 4.38. The Labute approximate surface area is 192 Å². The summed E-state index contributed by atoms with van der Waals surface area (Å²) >= 11 is 0. The average molecular weight is 462 g/mol. The first-order chi connectivity index (χ1) is 15.8. The first-order valence-corrected chi connectivity index (χ1v) is 11.2. The number of carbonyl (C=O) groups is 4. The molecule has 1 aromatic rings. The van der Waals surface area contributed by atoms with E-state index >= 15 is 0 Å². The van der Waals surface area contributed by atoms with Crippen LogP contribution in [0, 0.1) is 0 Å². The van der Waals surface area contributed by atoms with Gasteiger partial charge in [-0.25, -0.2) is 14.4 Å². The third-order valence-corrected chi connectivity index (χ3v) is 5.98. The van der Waals surface area contributed by atoms with E-state index in [9.17, 15) is 24.3 Å². The number of hydrogen-bond acceptors (Lipinski definition) is 7. The predicted molar refractivity (Wildman–Crippen MR) is 117 cm³/mol. The van der Waals surface area contributed by atoms with E-state index in [0.29, 0.717) is 19.4 Å². The summed E-state index contributed by atoms with van der Waals surface area (Å²) in [5.41, 5.74) is 0.824. The first kappa shape index (κ1) is 24.5. The summed E-state index contributed by atoms with van der Waals surface area (Å²) in [5.74, 6) is -1.84. The van der Waals surface area contributed by atoms with Gasteiger partial charge < -0.3 is 24.8 Å². The molecule has 2 amide bonds. The summed E-state index contributed by atoms with van der Waals surface area (Å²) in [4.78, 5) is 52.2. The van der Waals surface area contributed by atoms with Crippen LogP contribution in [0.25, 0.3) is 0 Å². The van der Waals surface area contributed by atoms with Crippen molar-refractivity contribution in [2.24, 2.45) is 0 Å². The van der Waals surface area contributed by atoms with E-state index in [4.69, 9.17) is 9.47 Å². The van der Waals surface area contributed by atoms with Gasteiger partial charge in [-0.05, 0) is 38.7 Å². The Morgan fingerprint density at radius 3 is 2.52 bits per heavy atom. The van der Waals surface area contributed by atoms with Gasteiger partial charge in [-0.1, -0.05) is 30.3 Å². The topological polar surface area (TPSA) is 125 Å². The molecule has 2 aliphatic rings. The molecule has 2 heterocycles. The number of amides is 2. The molecule has 33 heavy (non-hydrogen) atoms. The van der Waals surface area contributed by atoms with E-state index in [2.05, 4.69) is 5.32 Å². The number of aliphatic carboxylic acids is 1. The molecule has 2 N–H and O–H groups in total. The zero-order chi connectivity index (χ0) is 24.0. The van der Waals surface area contributed by atoms with E-state index in [-0.39, 0.29) is 38.1 Å². The number of carboxylic acids is 1. The molecule has 10 nitrogen and oxygen atoms in total. The number of nitrogens with zero attached hydrogens (tertiary/aromatic N) is 2. The van der Waals surface area contributed by atoms with Crippen molar-refractivity contribution >= 4 is 23.9 Å². The van der Waals surface area contributed by atoms with E-state index in [1.807, 2.05) is 30.3 Å². The third-order valence-electron chi connectivity index (χ3n) is 5.98. The maximum atomic E-state index is 12.8. The molecule has 0 spiro atoms. The van der Waals surface area contributed by atoms with Gasteiger partial charge in [-0.2, -0.15) is 0 Å². The van der Waals surface area contributed by atoms with Gasteiger partial charge in [0.2, 0.25) is 5.91 Å². The van der Waals surface area contributed by atoms with E-state index in [0.717, 1.165) is 5.56 Å². The first-order valence-electron chi connectivity index (χ1n) is 11.2. The second-order valence-corrected chi connectivity index (χ2v) is 8.31. The summed E-state index contributed by atoms with van der Waals surface area (Å²) in [6.07, 6.45) is 0.707. The van der Waals surface area contributed by atoms with Crippen LogP contribution in [0.4, 0.5) is 4.79 Å². The molecule has 0 aromatic heterocycles. The van der Waals surface area contributed by atoms with Gasteiger partial charge in [0.15, 0.2) is 0 Å². The molecule has 0 bridgehead atoms. The lowest BCUT2D eigenvalue weighted by Gasteiger charge is -2.27. The highest BCUT2D eigenvalue weighted by Crippen LogP contribution is 2.23. The largest absolute Gasteiger partial charge is 0.480 e. The van der Waals surface area contributed by atoms with Gasteiger partial charge in [0.05, 0.1) is 12.6 Å². The van der Waals surface area contributed by atoms with Gasteiger partial charge in [0.1, 0.15) is 18.7 Å². The number of likely N-dealkylation sites (tertiary alicyclic amines) is 2. The van der Waals surface area contributed by atoms with Crippen molar-refractivity contribution in [1.29, 1.82) is 0 Å². The lowest BCUT2D eigenvalue weighted by molar-refractivity contribution is -0.149. The van der Waals surface area contributed by atoms with Gasteiger partial charge in [-0.3, -0.25) is 9.69 Å². The zero-order valence-corrected chi connectivity index (χ0v) is 18.9. The second kappa shape index (κ2) is 11.1. The monoisotopic (exact) mass is 461 g/mol. The molecule has 10 heteroatoms. The summed E-state index contributed by atoms with van der Waals surface area (Å²) in [6.45, 7) is 4.17. The molecule has 2 aliphatic heterocycles. The molecule has 0 radical (unpaired) electrons. The molecule has 3 rings (SSSR count). The van der Waals surface area contributed by atoms with Crippen LogP contribution in [0.2, 0.25) is 0 Å². The predicted octanol–water partition coefficient (Wildman–Crippen LogP) is 1.38. The van der Waals surface area contributed by atoms with Crippen molar-refractivity contribution in [3.05, 3.63) is 35.9 Å². The number of ether oxygens (including phenoxy) is 2. The van der Waals surface area contributed by atoms with E-state index in [1.165, 1.54) is 9.80 Å². The van der Waals surface area contributed by atoms with Crippen LogP contribution >= 0.6 is 0 Å². The van der Waals surface area contributed by atoms with Crippen LogP contribution in [0.1, 0.15) is 38.7 Å². The lowest BCUT2D eigenvalue weighted by atomic mass is 10.1. The normalized spacial score (nSPS) is 23.3. The number of rotatable bonds is 8. The highest BCUT2D eigenvalue weighted by Gasteiger charge is 2.43. The van der Waals surface area contributed by atoms with Crippen molar-refractivity contribution in [2.45, 2.75) is 63.9 Å². The highest BCUT2D eigenvalue weighted by molar-refractivity contribution is 5.87. The Balaban J connectivity index is 1.63. The molecule has 2 saturated heterocycles. The maximum absolute atomic E-state index is 12.8. The number of nitrogens with one attached hydrogen (secondary N) is 1. The minimum absolute atomic E-state index is 0.0737. The van der Waals surface area contributed by atoms with Crippen LogP contribution in [0.3, 0.4) is 0 Å². The fraction of sp³-hybridized carbons (Fsp3) is 0.565. The summed E-state index contributed by atoms with van der Waals surface area (Å²) in [7, 11) is 0. The molecule has 2 unspecified atom stereocenters. The Bertz CT molecular complexity index is 863. The minimum atomic E-state index is -1.01. The molecule has 4 atom stereocenters. The molecule has 0 aliphatic carbocycles. The summed E-state index contributed by atoms with van der Waals surface area (Å²) in [5, 5.41) is 12.5. The minimum Gasteiger partial charge on any atom is -0.480 e. The highest BCUT2D eigenvalue weighted by atomic mass is 16.6. The number of hydrogen-bond donors (Lipinski definition) is 2. The Morgan fingerprint density at radius 2 is 1.85 bits per heavy atom. The van der Waals surface area contributed by atoms with Crippen molar-refractivity contribution in [2.75, 3.05) is 19.7 Å². The number of carbonyl (C=O) groups excluding carboxylic acids is 3. The lowest BCUT2D eigenvalue weighted by Crippen LogP contribution is -2.51. The smallest absolute Gasteiger partial charge is 0.410 e. The van der Waals surface area contributed by atoms with Crippen molar-refractivity contribution in [3.63, 3.8) is 0 Å². The van der Waals surface area contributed by atoms with Crippen LogP contribution in [-0.4, -0.2) is 82.7 Å². The summed E-state index contributed by atoms with van der Waals surface area (Å²) in [6, 6.07) is 6.55. The van der Waals surface area contributed by atoms with E-state index < -0.39 is 36.2 Å². The number of esters is 1. The Morgan fingerprint density at radius 1 is 1.12 bits per heavy atom. The van der Waals surface area contributed by atoms with Crippen LogP contribution in [0.5, 0.6) is 0 Å². The van der Waals surface area contributed by atoms with E-state index in [1.54, 1.807) is 13.8 Å². The average Bonchev–Trinajstić information content (AvgIpc) is 3.45. The molecule has 0 saturated carbocycles. The number of carboxylic acid groups (broad SMARTS) is 1. The molecule has 1 aromatic carbocycles. The number of benzene rings is 1. The Kier molecular flexibility index (Phi) is 8.26. The van der Waals surface area contributed by atoms with Crippen molar-refractivity contribution < 1.29 is 33.8 Å². The van der Waals surface area contributed by atoms with Crippen molar-refractivity contribution in [1.82, 2.24) is 15.1 Å². The molecular weight excluding hydrogens is 430 g/mol. The van der Waals surface area contributed by atoms with Gasteiger partial charge in [0, 0.05) is 19.1 Å². The Hall–Kier alpha value is -3.14. The van der Waals surface area contributed by atoms with Crippen LogP contribution < -0.4 is 5.32 Å². The quantitative estimate of drug-likeness (QED) is 0.556. The second-order valence-electron chi connectivity index (χ2n) is 8.31. The SMILES string of the molecule is CCOC(=O)C1CC(N[C@@H](C)C(=O)N2CCC[C@H]2C(=O)O)CN1C(=O)OCc1ccccc1. The van der Waals surface area contributed by atoms with Crippen LogP contribution in [0.15, 0.2) is 30.3 Å². The van der Waals surface area contributed by atoms with Crippen molar-refractivity contribution in [3.8, 4) is 0 Å². The van der Waals surface area contributed by atoms with Gasteiger partial charge >= 0.3 is 18.0 Å². The summed E-state index contributed by atoms with van der Waals surface area (Å²) < 4.78 is 10.5. The van der Waals surface area contributed by atoms with Crippen LogP contribution in [-0.2, 0) is 30.5 Å². The fourth-order valence-corrected chi connectivity index (χ4v) is 4.38. The molecular formula is C23H31N3O7. The zero-order valence-electron chi connectivity index (χ0n) is 18.9. The maximum Gasteiger partial charge on any atom is 0.410 e. The molecule has 2 fully saturated rings. The van der Waals surface area contributed by atoms with Gasteiger partial charge in [0.25, 0.3) is 0 Å². The molecule has 180 valence electrons.